The van der Waals surface area contributed by atoms with Crippen molar-refractivity contribution >= 4 is 0 Å². The van der Waals surface area contributed by atoms with E-state index in [1.54, 1.807) is 28.9 Å². The molecule has 3 aliphatic rings. The highest BCUT2D eigenvalue weighted by Crippen LogP contribution is 2.71. The first-order valence-electron chi connectivity index (χ1n) is 11.5. The molecule has 6 rings (SSSR count). The highest BCUT2D eigenvalue weighted by molar-refractivity contribution is 5.68. The molecule has 2 bridgehead atoms. The van der Waals surface area contributed by atoms with Crippen molar-refractivity contribution in [1.82, 2.24) is 24.9 Å². The van der Waals surface area contributed by atoms with Crippen LogP contribution in [0.25, 0.3) is 16.9 Å². The summed E-state index contributed by atoms with van der Waals surface area (Å²) in [5.74, 6) is 1.51. The Morgan fingerprint density at radius 3 is 2.67 bits per heavy atom. The monoisotopic (exact) mass is 449 g/mol. The highest BCUT2D eigenvalue weighted by atomic mass is 19.1. The summed E-state index contributed by atoms with van der Waals surface area (Å²) in [6.07, 6.45) is 0.929. The van der Waals surface area contributed by atoms with Gasteiger partial charge in [-0.1, -0.05) is 13.8 Å². The molecule has 0 spiro atoms. The van der Waals surface area contributed by atoms with Gasteiger partial charge in [-0.15, -0.1) is 10.2 Å². The number of phenols is 1. The third-order valence-corrected chi connectivity index (χ3v) is 8.43. The summed E-state index contributed by atoms with van der Waals surface area (Å²) < 4.78 is 23.2. The topological polar surface area (TPSA) is 76.3 Å². The minimum atomic E-state index is -1.06. The van der Waals surface area contributed by atoms with Crippen LogP contribution in [0, 0.1) is 24.2 Å². The molecular formula is C25H28FN5O2. The molecule has 4 heterocycles. The van der Waals surface area contributed by atoms with Crippen molar-refractivity contribution in [2.45, 2.75) is 51.6 Å². The van der Waals surface area contributed by atoms with Crippen LogP contribution in [0.1, 0.15) is 26.0 Å². The summed E-state index contributed by atoms with van der Waals surface area (Å²) in [5.41, 5.74) is 2.78. The van der Waals surface area contributed by atoms with E-state index in [-0.39, 0.29) is 17.2 Å². The number of hydrogen-bond acceptors (Lipinski definition) is 6. The third-order valence-electron chi connectivity index (χ3n) is 8.43. The van der Waals surface area contributed by atoms with Gasteiger partial charge in [0.05, 0.1) is 23.1 Å². The largest absolute Gasteiger partial charge is 0.507 e. The summed E-state index contributed by atoms with van der Waals surface area (Å²) >= 11 is 0. The number of phenolic OH excluding ortho intramolecular Hbond substituents is 1. The fourth-order valence-electron chi connectivity index (χ4n) is 6.59. The minimum absolute atomic E-state index is 0.0467. The lowest BCUT2D eigenvalue weighted by atomic mass is 9.87. The van der Waals surface area contributed by atoms with Crippen molar-refractivity contribution in [2.24, 2.45) is 17.3 Å². The number of nitrogens with zero attached hydrogens (tertiary/aromatic N) is 5. The first-order chi connectivity index (χ1) is 15.8. The molecule has 7 unspecified atom stereocenters. The van der Waals surface area contributed by atoms with E-state index in [0.717, 1.165) is 11.4 Å². The van der Waals surface area contributed by atoms with Gasteiger partial charge in [0.1, 0.15) is 11.9 Å². The Labute approximate surface area is 192 Å². The van der Waals surface area contributed by atoms with Crippen molar-refractivity contribution < 1.29 is 14.2 Å². The summed E-state index contributed by atoms with van der Waals surface area (Å²) in [6, 6.07) is 10.9. The average Bonchev–Trinajstić information content (AvgIpc) is 3.06. The lowest BCUT2D eigenvalue weighted by Gasteiger charge is -2.43. The number of benzene rings is 1. The molecular weight excluding hydrogens is 421 g/mol. The predicted molar refractivity (Wildman–Crippen MR) is 121 cm³/mol. The van der Waals surface area contributed by atoms with Crippen LogP contribution in [0.4, 0.5) is 4.39 Å². The number of halogens is 1. The molecule has 7 nitrogen and oxygen atoms in total. The standard InChI is InChI=1S/C25H28FN5O2/c1-13-9-10-31(29-13)15-5-6-16(19(32)11-15)17-7-8-21(28-27-17)33-20-12-18-22-14(2)25(22,3)24(23(20)26)30(18)4/h5-11,14,18,20,22-24,32H,12H2,1-4H3. The fraction of sp³-hybridized carbons (Fsp3) is 0.480. The van der Waals surface area contributed by atoms with Crippen LogP contribution in [0.2, 0.25) is 0 Å². The Morgan fingerprint density at radius 2 is 2.00 bits per heavy atom. The molecule has 1 saturated carbocycles. The molecule has 8 heteroatoms. The summed E-state index contributed by atoms with van der Waals surface area (Å²) in [6.45, 7) is 6.38. The average molecular weight is 450 g/mol. The molecule has 0 amide bonds. The molecule has 1 N–H and O–H groups in total. The number of fused-ring (bicyclic) bond motifs is 5. The third kappa shape index (κ3) is 2.93. The zero-order valence-corrected chi connectivity index (χ0v) is 19.2. The van der Waals surface area contributed by atoms with Gasteiger partial charge in [0.15, 0.2) is 6.17 Å². The normalized spacial score (nSPS) is 34.8. The Kier molecular flexibility index (Phi) is 4.37. The molecule has 2 aromatic heterocycles. The van der Waals surface area contributed by atoms with Crippen molar-refractivity contribution in [3.63, 3.8) is 0 Å². The molecule has 1 aromatic carbocycles. The number of aromatic hydroxyl groups is 1. The lowest BCUT2D eigenvalue weighted by Crippen LogP contribution is -2.57. The summed E-state index contributed by atoms with van der Waals surface area (Å²) in [4.78, 5) is 2.22. The minimum Gasteiger partial charge on any atom is -0.507 e. The molecule has 2 aliphatic heterocycles. The second-order valence-electron chi connectivity index (χ2n) is 10.1. The molecule has 3 aromatic rings. The van der Waals surface area contributed by atoms with Crippen molar-refractivity contribution in [3.8, 4) is 28.6 Å². The number of ether oxygens (including phenoxy) is 1. The number of piperidine rings is 2. The van der Waals surface area contributed by atoms with Crippen LogP contribution >= 0.6 is 0 Å². The van der Waals surface area contributed by atoms with E-state index in [4.69, 9.17) is 4.74 Å². The molecule has 7 atom stereocenters. The summed E-state index contributed by atoms with van der Waals surface area (Å²) in [5, 5.41) is 23.3. The van der Waals surface area contributed by atoms with E-state index in [0.29, 0.717) is 41.4 Å². The lowest BCUT2D eigenvalue weighted by molar-refractivity contribution is -0.0428. The Morgan fingerprint density at radius 1 is 1.18 bits per heavy atom. The maximum Gasteiger partial charge on any atom is 0.233 e. The van der Waals surface area contributed by atoms with Gasteiger partial charge in [-0.25, -0.2) is 9.07 Å². The van der Waals surface area contributed by atoms with E-state index in [9.17, 15) is 5.11 Å². The predicted octanol–water partition coefficient (Wildman–Crippen LogP) is 3.79. The second kappa shape index (κ2) is 7.00. The zero-order chi connectivity index (χ0) is 23.1. The zero-order valence-electron chi connectivity index (χ0n) is 19.2. The SMILES string of the molecule is Cc1ccn(-c2ccc(-c3ccc(OC4CC5C6C(C)C6(C)C(C4F)N5C)nn3)c(O)c2)n1. The van der Waals surface area contributed by atoms with Crippen LogP contribution in [0.3, 0.4) is 0 Å². The van der Waals surface area contributed by atoms with Crippen molar-refractivity contribution in [1.29, 1.82) is 0 Å². The van der Waals surface area contributed by atoms with Gasteiger partial charge in [-0.05, 0) is 55.5 Å². The second-order valence-corrected chi connectivity index (χ2v) is 10.1. The van der Waals surface area contributed by atoms with Crippen molar-refractivity contribution in [3.05, 3.63) is 48.3 Å². The van der Waals surface area contributed by atoms with Crippen LogP contribution in [-0.4, -0.2) is 61.4 Å². The number of aryl methyl sites for hydroxylation is 1. The maximum atomic E-state index is 15.5. The number of hydrogen-bond donors (Lipinski definition) is 1. The number of aromatic nitrogens is 4. The van der Waals surface area contributed by atoms with E-state index in [2.05, 4.69) is 34.0 Å². The van der Waals surface area contributed by atoms with E-state index in [1.807, 2.05) is 32.3 Å². The Bertz CT molecular complexity index is 1210. The van der Waals surface area contributed by atoms with Crippen LogP contribution in [-0.2, 0) is 0 Å². The molecule has 3 fully saturated rings. The molecule has 172 valence electrons. The van der Waals surface area contributed by atoms with E-state index >= 15 is 4.39 Å². The van der Waals surface area contributed by atoms with Gasteiger partial charge in [0.25, 0.3) is 0 Å². The van der Waals surface area contributed by atoms with Crippen LogP contribution in [0.5, 0.6) is 11.6 Å². The van der Waals surface area contributed by atoms with Crippen molar-refractivity contribution in [2.75, 3.05) is 7.05 Å². The van der Waals surface area contributed by atoms with Gasteiger partial charge in [-0.2, -0.15) is 5.10 Å². The number of alkyl halides is 1. The van der Waals surface area contributed by atoms with Gasteiger partial charge >= 0.3 is 0 Å². The van der Waals surface area contributed by atoms with Crippen LogP contribution < -0.4 is 4.74 Å². The van der Waals surface area contributed by atoms with Gasteiger partial charge < -0.3 is 9.84 Å². The first-order valence-corrected chi connectivity index (χ1v) is 11.5. The molecule has 33 heavy (non-hydrogen) atoms. The van der Waals surface area contributed by atoms with E-state index in [1.165, 1.54) is 0 Å². The number of rotatable bonds is 4. The molecule has 1 aliphatic carbocycles. The maximum absolute atomic E-state index is 15.5. The quantitative estimate of drug-likeness (QED) is 0.653. The van der Waals surface area contributed by atoms with Gasteiger partial charge in [-0.3, -0.25) is 4.90 Å². The molecule has 2 saturated heterocycles. The Hall–Kier alpha value is -3.00. The Balaban J connectivity index is 1.18. The fourth-order valence-corrected chi connectivity index (χ4v) is 6.59. The van der Waals surface area contributed by atoms with Gasteiger partial charge in [0, 0.05) is 36.4 Å². The van der Waals surface area contributed by atoms with Crippen LogP contribution in [0.15, 0.2) is 42.6 Å². The van der Waals surface area contributed by atoms with E-state index < -0.39 is 12.3 Å². The summed E-state index contributed by atoms with van der Waals surface area (Å²) in [7, 11) is 2.04. The first kappa shape index (κ1) is 20.6. The highest BCUT2D eigenvalue weighted by Gasteiger charge is 2.76. The smallest absolute Gasteiger partial charge is 0.233 e. The van der Waals surface area contributed by atoms with Gasteiger partial charge in [0.2, 0.25) is 5.88 Å². The molecule has 0 radical (unpaired) electrons.